The first-order valence-corrected chi connectivity index (χ1v) is 9.44. The summed E-state index contributed by atoms with van der Waals surface area (Å²) >= 11 is 1.39. The van der Waals surface area contributed by atoms with Crippen molar-refractivity contribution in [2.24, 2.45) is 0 Å². The highest BCUT2D eigenvalue weighted by Gasteiger charge is 2.10. The van der Waals surface area contributed by atoms with Crippen LogP contribution in [0.1, 0.15) is 41.3 Å². The maximum atomic E-state index is 12.3. The van der Waals surface area contributed by atoms with Gasteiger partial charge in [-0.15, -0.1) is 11.3 Å². The molecule has 1 aromatic heterocycles. The number of anilines is 1. The lowest BCUT2D eigenvalue weighted by Gasteiger charge is -2.03. The quantitative estimate of drug-likeness (QED) is 0.650. The molecule has 4 nitrogen and oxygen atoms in total. The first-order chi connectivity index (χ1) is 12.7. The molecular formula is C21H19N3OS. The third-order valence-electron chi connectivity index (χ3n) is 4.05. The SMILES string of the molecule is CCCCc1ccc(-c2csc(NC(=O)c3cccc(C#N)c3)n2)cc1. The van der Waals surface area contributed by atoms with Crippen LogP contribution in [0.5, 0.6) is 0 Å². The fourth-order valence-electron chi connectivity index (χ4n) is 2.59. The molecule has 130 valence electrons. The number of aryl methyl sites for hydroxylation is 1. The Labute approximate surface area is 157 Å². The summed E-state index contributed by atoms with van der Waals surface area (Å²) in [5, 5.41) is 14.2. The topological polar surface area (TPSA) is 65.8 Å². The number of hydrogen-bond acceptors (Lipinski definition) is 4. The smallest absolute Gasteiger partial charge is 0.257 e. The van der Waals surface area contributed by atoms with Crippen LogP contribution in [0.4, 0.5) is 5.13 Å². The average molecular weight is 361 g/mol. The lowest BCUT2D eigenvalue weighted by atomic mass is 10.1. The van der Waals surface area contributed by atoms with Gasteiger partial charge in [-0.05, 0) is 36.6 Å². The second-order valence-electron chi connectivity index (χ2n) is 5.99. The summed E-state index contributed by atoms with van der Waals surface area (Å²) in [6, 6.07) is 17.1. The Balaban J connectivity index is 1.69. The first kappa shape index (κ1) is 17.8. The van der Waals surface area contributed by atoms with E-state index in [-0.39, 0.29) is 5.91 Å². The van der Waals surface area contributed by atoms with Gasteiger partial charge in [-0.2, -0.15) is 5.26 Å². The van der Waals surface area contributed by atoms with Crippen LogP contribution in [0.2, 0.25) is 0 Å². The van der Waals surface area contributed by atoms with Crippen LogP contribution >= 0.6 is 11.3 Å². The van der Waals surface area contributed by atoms with Crippen LogP contribution < -0.4 is 5.32 Å². The molecule has 0 unspecified atom stereocenters. The maximum Gasteiger partial charge on any atom is 0.257 e. The minimum atomic E-state index is -0.266. The summed E-state index contributed by atoms with van der Waals surface area (Å²) in [5.74, 6) is -0.266. The van der Waals surface area contributed by atoms with Crippen molar-refractivity contribution >= 4 is 22.4 Å². The van der Waals surface area contributed by atoms with Gasteiger partial charge in [0, 0.05) is 16.5 Å². The highest BCUT2D eigenvalue weighted by Crippen LogP contribution is 2.26. The van der Waals surface area contributed by atoms with E-state index in [9.17, 15) is 4.79 Å². The molecule has 3 aromatic rings. The Morgan fingerprint density at radius 1 is 1.23 bits per heavy atom. The number of carbonyl (C=O) groups is 1. The zero-order valence-electron chi connectivity index (χ0n) is 14.5. The number of nitrogens with zero attached hydrogens (tertiary/aromatic N) is 2. The Kier molecular flexibility index (Phi) is 5.77. The molecule has 0 radical (unpaired) electrons. The van der Waals surface area contributed by atoms with E-state index in [0.717, 1.165) is 17.7 Å². The number of unbranched alkanes of at least 4 members (excludes halogenated alkanes) is 1. The van der Waals surface area contributed by atoms with Crippen LogP contribution in [-0.2, 0) is 6.42 Å². The lowest BCUT2D eigenvalue weighted by molar-refractivity contribution is 0.102. The predicted molar refractivity (Wildman–Crippen MR) is 105 cm³/mol. The molecule has 0 aliphatic heterocycles. The van der Waals surface area contributed by atoms with Crippen LogP contribution in [0.3, 0.4) is 0 Å². The second kappa shape index (κ2) is 8.41. The number of carbonyl (C=O) groups excluding carboxylic acids is 1. The molecule has 0 aliphatic rings. The van der Waals surface area contributed by atoms with Gasteiger partial charge in [-0.3, -0.25) is 10.1 Å². The van der Waals surface area contributed by atoms with Gasteiger partial charge in [0.15, 0.2) is 5.13 Å². The van der Waals surface area contributed by atoms with Crippen molar-refractivity contribution in [2.75, 3.05) is 5.32 Å². The van der Waals surface area contributed by atoms with Crippen LogP contribution in [0, 0.1) is 11.3 Å². The van der Waals surface area contributed by atoms with Crippen molar-refractivity contribution in [3.05, 3.63) is 70.6 Å². The number of aromatic nitrogens is 1. The molecule has 0 spiro atoms. The lowest BCUT2D eigenvalue weighted by Crippen LogP contribution is -2.11. The van der Waals surface area contributed by atoms with Crippen LogP contribution in [-0.4, -0.2) is 10.9 Å². The molecule has 0 saturated carbocycles. The summed E-state index contributed by atoms with van der Waals surface area (Å²) in [4.78, 5) is 16.8. The third kappa shape index (κ3) is 4.35. The van der Waals surface area contributed by atoms with Crippen LogP contribution in [0.15, 0.2) is 53.9 Å². The molecule has 2 aromatic carbocycles. The van der Waals surface area contributed by atoms with Gasteiger partial charge >= 0.3 is 0 Å². The highest BCUT2D eigenvalue weighted by atomic mass is 32.1. The van der Waals surface area contributed by atoms with Crippen molar-refractivity contribution in [3.63, 3.8) is 0 Å². The van der Waals surface area contributed by atoms with Crippen molar-refractivity contribution in [2.45, 2.75) is 26.2 Å². The van der Waals surface area contributed by atoms with Crippen molar-refractivity contribution in [3.8, 4) is 17.3 Å². The minimum Gasteiger partial charge on any atom is -0.298 e. The van der Waals surface area contributed by atoms with Gasteiger partial charge in [0.05, 0.1) is 17.3 Å². The Bertz CT molecular complexity index is 938. The average Bonchev–Trinajstić information content (AvgIpc) is 3.15. The van der Waals surface area contributed by atoms with Gasteiger partial charge < -0.3 is 0 Å². The molecule has 3 rings (SSSR count). The second-order valence-corrected chi connectivity index (χ2v) is 6.84. The van der Waals surface area contributed by atoms with E-state index in [2.05, 4.69) is 41.5 Å². The molecule has 5 heteroatoms. The molecule has 1 N–H and O–H groups in total. The number of thiazole rings is 1. The third-order valence-corrected chi connectivity index (χ3v) is 4.80. The monoisotopic (exact) mass is 361 g/mol. The van der Waals surface area contributed by atoms with E-state index in [4.69, 9.17) is 5.26 Å². The summed E-state index contributed by atoms with van der Waals surface area (Å²) in [7, 11) is 0. The molecule has 0 atom stereocenters. The number of nitrogens with one attached hydrogen (secondary N) is 1. The summed E-state index contributed by atoms with van der Waals surface area (Å²) in [6.07, 6.45) is 3.48. The molecule has 0 bridgehead atoms. The van der Waals surface area contributed by atoms with Gasteiger partial charge in [-0.25, -0.2) is 4.98 Å². The molecule has 0 saturated heterocycles. The van der Waals surface area contributed by atoms with E-state index in [0.29, 0.717) is 16.3 Å². The molecular weight excluding hydrogens is 342 g/mol. The molecule has 26 heavy (non-hydrogen) atoms. The zero-order chi connectivity index (χ0) is 18.4. The van der Waals surface area contributed by atoms with Crippen molar-refractivity contribution < 1.29 is 4.79 Å². The molecule has 0 fully saturated rings. The highest BCUT2D eigenvalue weighted by molar-refractivity contribution is 7.14. The number of hydrogen-bond donors (Lipinski definition) is 1. The van der Waals surface area contributed by atoms with Gasteiger partial charge in [-0.1, -0.05) is 43.7 Å². The van der Waals surface area contributed by atoms with Crippen molar-refractivity contribution in [1.29, 1.82) is 5.26 Å². The number of amides is 1. The zero-order valence-corrected chi connectivity index (χ0v) is 15.3. The van der Waals surface area contributed by atoms with Gasteiger partial charge in [0.1, 0.15) is 0 Å². The summed E-state index contributed by atoms with van der Waals surface area (Å²) in [5.41, 5.74) is 4.12. The maximum absolute atomic E-state index is 12.3. The van der Waals surface area contributed by atoms with E-state index in [1.54, 1.807) is 24.3 Å². The normalized spacial score (nSPS) is 10.3. The van der Waals surface area contributed by atoms with E-state index < -0.39 is 0 Å². The number of nitriles is 1. The van der Waals surface area contributed by atoms with E-state index >= 15 is 0 Å². The Morgan fingerprint density at radius 3 is 2.77 bits per heavy atom. The molecule has 1 amide bonds. The standard InChI is InChI=1S/C21H19N3OS/c1-2-3-5-15-8-10-17(11-9-15)19-14-26-21(23-19)24-20(25)18-7-4-6-16(12-18)13-22/h4,6-12,14H,2-3,5H2,1H3,(H,23,24,25). The fourth-order valence-corrected chi connectivity index (χ4v) is 3.30. The van der Waals surface area contributed by atoms with E-state index in [1.807, 2.05) is 11.4 Å². The Hall–Kier alpha value is -2.97. The number of benzene rings is 2. The molecule has 1 heterocycles. The van der Waals surface area contributed by atoms with Gasteiger partial charge in [0.25, 0.3) is 5.91 Å². The minimum absolute atomic E-state index is 0.266. The van der Waals surface area contributed by atoms with Gasteiger partial charge in [0.2, 0.25) is 0 Å². The number of rotatable bonds is 6. The predicted octanol–water partition coefficient (Wildman–Crippen LogP) is 5.28. The van der Waals surface area contributed by atoms with E-state index in [1.165, 1.54) is 29.7 Å². The summed E-state index contributed by atoms with van der Waals surface area (Å²) < 4.78 is 0. The molecule has 0 aliphatic carbocycles. The Morgan fingerprint density at radius 2 is 2.04 bits per heavy atom. The summed E-state index contributed by atoms with van der Waals surface area (Å²) in [6.45, 7) is 2.19. The fraction of sp³-hybridized carbons (Fsp3) is 0.190. The largest absolute Gasteiger partial charge is 0.298 e. The van der Waals surface area contributed by atoms with Crippen molar-refractivity contribution in [1.82, 2.24) is 4.98 Å². The van der Waals surface area contributed by atoms with Crippen LogP contribution in [0.25, 0.3) is 11.3 Å². The first-order valence-electron chi connectivity index (χ1n) is 8.56.